The largest absolute Gasteiger partial charge is 1.00 e. The monoisotopic (exact) mass is 1660 g/mol. The van der Waals surface area contributed by atoms with E-state index >= 15 is 0 Å². The molecule has 11 N–H and O–H groups in total. The fraction of sp³-hybridized carbons (Fsp3) is 0.461. The zero-order valence-electron chi connectivity index (χ0n) is 65.4. The van der Waals surface area contributed by atoms with Gasteiger partial charge in [-0.25, -0.2) is 16.1 Å². The van der Waals surface area contributed by atoms with Crippen LogP contribution in [0.3, 0.4) is 0 Å². The normalized spacial score (nSPS) is 11.6. The Morgan fingerprint density at radius 2 is 0.784 bits per heavy atom. The maximum absolute atomic E-state index is 13.3. The van der Waals surface area contributed by atoms with Crippen molar-refractivity contribution in [2.75, 3.05) is 59.4 Å². The summed E-state index contributed by atoms with van der Waals surface area (Å²) in [7, 11) is 0. The smallest absolute Gasteiger partial charge is 0.550 e. The van der Waals surface area contributed by atoms with Gasteiger partial charge in [0.1, 0.15) is 29.1 Å². The van der Waals surface area contributed by atoms with Gasteiger partial charge in [-0.15, -0.1) is 0 Å². The number of aliphatic carboxylic acids is 6. The predicted molar refractivity (Wildman–Crippen MR) is 380 cm³/mol. The molecule has 116 heavy (non-hydrogen) atoms. The molecule has 0 unspecified atom stereocenters. The number of rotatable bonds is 56. The summed E-state index contributed by atoms with van der Waals surface area (Å²) in [6, 6.07) is 23.7. The molecule has 6 atom stereocenters. The summed E-state index contributed by atoms with van der Waals surface area (Å²) in [5.41, 5.74) is 2.82. The van der Waals surface area contributed by atoms with Gasteiger partial charge >= 0.3 is 154 Å². The number of ether oxygens (including phenoxy) is 4. The van der Waals surface area contributed by atoms with E-state index in [0.29, 0.717) is 24.0 Å². The average Bonchev–Trinajstić information content (AvgIpc) is 0.864. The van der Waals surface area contributed by atoms with Crippen molar-refractivity contribution in [3.8, 4) is 11.5 Å². The Hall–Kier alpha value is -7.94. The molecule has 4 aromatic carbocycles. The maximum atomic E-state index is 13.3. The van der Waals surface area contributed by atoms with Gasteiger partial charge in [0.25, 0.3) is 6.03 Å². The number of carbonyl (C=O) groups excluding carboxylic acids is 15. The van der Waals surface area contributed by atoms with Crippen molar-refractivity contribution in [2.24, 2.45) is 11.8 Å². The zero-order chi connectivity index (χ0) is 83.4. The number of urea groups is 2. The summed E-state index contributed by atoms with van der Waals surface area (Å²) in [6.45, 7) is 2.37. The second kappa shape index (κ2) is 71.2. The molecule has 0 aromatic heterocycles. The second-order valence-corrected chi connectivity index (χ2v) is 24.6. The quantitative estimate of drug-likeness (QED) is 0.0111. The van der Waals surface area contributed by atoms with Crippen LogP contribution in [0.25, 0.3) is 0 Å². The van der Waals surface area contributed by atoms with Crippen molar-refractivity contribution in [3.63, 3.8) is 0 Å². The van der Waals surface area contributed by atoms with Gasteiger partial charge in [-0.2, -0.15) is 25.6 Å². The van der Waals surface area contributed by atoms with Crippen molar-refractivity contribution >= 4 is 95.1 Å². The second-order valence-electron chi connectivity index (χ2n) is 24.6. The van der Waals surface area contributed by atoms with Crippen molar-refractivity contribution in [3.05, 3.63) is 138 Å². The Morgan fingerprint density at radius 1 is 0.397 bits per heavy atom. The molecule has 0 heterocycles. The molecule has 0 radical (unpaired) electrons. The third-order valence-electron chi connectivity index (χ3n) is 15.8. The fourth-order valence-corrected chi connectivity index (χ4v) is 10.1. The van der Waals surface area contributed by atoms with Crippen LogP contribution in [0.2, 0.25) is 0 Å². The first kappa shape index (κ1) is 114. The minimum absolute atomic E-state index is 0. The number of aromatic hydroxyl groups is 2. The fourth-order valence-electron chi connectivity index (χ4n) is 10.1. The van der Waals surface area contributed by atoms with Crippen LogP contribution in [0.15, 0.2) is 109 Å². The molecule has 4 aromatic rings. The number of phenols is 2. The van der Waals surface area contributed by atoms with Crippen molar-refractivity contribution in [2.45, 2.75) is 153 Å². The molecule has 0 aliphatic rings. The van der Waals surface area contributed by atoms with E-state index in [-0.39, 0.29) is 329 Å². The molecule has 0 saturated heterocycles. The van der Waals surface area contributed by atoms with E-state index in [4.69, 9.17) is 43.2 Å². The average molecular weight is 1660 g/mol. The third kappa shape index (κ3) is 59.7. The van der Waals surface area contributed by atoms with Gasteiger partial charge in [-0.1, -0.05) is 84.9 Å². The number of hydrogen-bond acceptors (Lipinski definition) is 27. The summed E-state index contributed by atoms with van der Waals surface area (Å²) in [6.07, 6.45) is 0.307. The third-order valence-corrected chi connectivity index (χ3v) is 15.8. The van der Waals surface area contributed by atoms with Crippen LogP contribution >= 0.6 is 0 Å². The zero-order valence-corrected chi connectivity index (χ0v) is 73.4. The van der Waals surface area contributed by atoms with Crippen LogP contribution in [-0.2, 0) is 121 Å². The number of ketones is 4. The van der Waals surface area contributed by atoms with Gasteiger partial charge in [-0.3, -0.25) is 43.2 Å². The number of Topliss-reactive ketones (excluding diaryl/α,β-unsaturated/α-hetero) is 4. The van der Waals surface area contributed by atoms with Crippen LogP contribution < -0.4 is 165 Å². The van der Waals surface area contributed by atoms with E-state index in [2.05, 4.69) is 31.9 Å². The molecule has 0 spiro atoms. The first-order chi connectivity index (χ1) is 53.5. The molecule has 0 bridgehead atoms. The molecule has 0 aliphatic heterocycles. The number of carboxylic acid groups (broad SMARTS) is 6. The Balaban J connectivity index is -0.000000980. The van der Waals surface area contributed by atoms with Crippen LogP contribution in [-0.4, -0.2) is 204 Å². The van der Waals surface area contributed by atoms with Gasteiger partial charge < -0.3 is 106 Å². The first-order valence-corrected chi connectivity index (χ1v) is 35.3. The Bertz CT molecular complexity index is 3420. The van der Waals surface area contributed by atoms with Crippen LogP contribution in [0.5, 0.6) is 11.5 Å². The van der Waals surface area contributed by atoms with E-state index in [0.717, 1.165) is 17.7 Å². The van der Waals surface area contributed by atoms with E-state index in [9.17, 15) is 103 Å². The molecule has 4 rings (SSSR count). The number of phenolic OH excluding ortho intramolecular Hbond substituents is 2. The number of carboxylic acids is 6. The summed E-state index contributed by atoms with van der Waals surface area (Å²) in [4.78, 5) is 200. The summed E-state index contributed by atoms with van der Waals surface area (Å²) < 4.78 is 21.8. The molecule has 36 nitrogen and oxygen atoms in total. The van der Waals surface area contributed by atoms with Crippen LogP contribution in [0.1, 0.15) is 125 Å². The standard InChI is InChI=1S/C37H49N3O13.C37H48N3O13.2CO2.4Na/c2*41-28(14-15-30(36(49)50)40-37(51)38-17-4-9-34(45)46)8-5-18-52-20-21-53-19-16-33(44)39-31(23-25-6-2-1-3-7-25)32(43)24-27(35(47)48)22-26-10-12-29(42)13-11-26;2*2-1-3;;;;/h1-3,6-7,10-13,27,30-31,42H,4-5,8-9,14-24H2,(H,39,44)(H,45,46)(H,47,48)(H,49,50)(H2,38,40,51);1-3,6-7,10-13,17,27,30-31,42H,4-5,8-9,14-16,18-24H2,(H,39,44)(H,45,46)(H,47,48)(H,49,50)(H2,38,40,51);;;;;;/q;-1;;;4*+1/p-3/t2*27-,30+,31+;;;;;;/m11....../s1. The minimum Gasteiger partial charge on any atom is -0.550 e. The van der Waals surface area contributed by atoms with Crippen molar-refractivity contribution in [1.82, 2.24) is 31.9 Å². The minimum atomic E-state index is -1.58. The number of amides is 6. The van der Waals surface area contributed by atoms with Gasteiger partial charge in [-0.05, 0) is 111 Å². The number of nitrogens with one attached hydrogen (secondary N) is 6. The predicted octanol–water partition coefficient (Wildman–Crippen LogP) is -12.0. The summed E-state index contributed by atoms with van der Waals surface area (Å²) in [5.74, 6) is -12.1. The summed E-state index contributed by atoms with van der Waals surface area (Å²) >= 11 is 0. The van der Waals surface area contributed by atoms with E-state index in [1.165, 1.54) is 24.3 Å². The van der Waals surface area contributed by atoms with Gasteiger partial charge in [0, 0.05) is 95.4 Å². The van der Waals surface area contributed by atoms with Crippen LogP contribution in [0.4, 0.5) is 9.59 Å². The molecular formula is C76H94N6Na4O30. The van der Waals surface area contributed by atoms with Crippen molar-refractivity contribution < 1.29 is 264 Å². The molecular weight excluding hydrogens is 1570 g/mol. The Kier molecular flexibility index (Phi) is 70.2. The van der Waals surface area contributed by atoms with Crippen LogP contribution in [0, 0.1) is 18.4 Å². The van der Waals surface area contributed by atoms with E-state index < -0.39 is 107 Å². The Labute approximate surface area is 757 Å². The van der Waals surface area contributed by atoms with Gasteiger partial charge in [0.15, 0.2) is 11.6 Å². The number of benzene rings is 4. The number of carbonyl (C=O) groups is 14. The Morgan fingerprint density at radius 3 is 1.17 bits per heavy atom. The van der Waals surface area contributed by atoms with E-state index in [1.807, 2.05) is 18.2 Å². The topological polar surface area (TPSA) is 587 Å². The SMILES string of the molecule is O=C(O)CCCNC(=O)N[C@@H](CCC(=O)CCCOCCOCCC(=O)N[C@@H](Cc1ccccc1)C(=O)C[C@@H](Cc1ccc(O)cc1)C(=O)O)C(=O)O.O=C([O-])CC[CH-]NC(=O)N[C@@H](CCC(=O)CCCOCCOCCC(=O)N[C@@H](Cc1ccccc1)C(=O)C[C@@H](Cc1ccc(O)cc1)C(=O)[O-])C(=O)[O-].O=C=O.O=C=O.[Na+].[Na+].[Na+].[Na+]. The first-order valence-electron chi connectivity index (χ1n) is 35.3. The molecule has 0 aliphatic carbocycles. The summed E-state index contributed by atoms with van der Waals surface area (Å²) in [5, 5.41) is 94.7. The van der Waals surface area contributed by atoms with Gasteiger partial charge in [0.05, 0.1) is 69.7 Å². The molecule has 6 amide bonds. The maximum Gasteiger partial charge on any atom is 1.00 e. The molecule has 0 saturated carbocycles. The number of hydrogen-bond donors (Lipinski definition) is 11. The molecule has 612 valence electrons. The van der Waals surface area contributed by atoms with E-state index in [1.54, 1.807) is 66.7 Å². The molecule has 0 fully saturated rings. The van der Waals surface area contributed by atoms with Crippen molar-refractivity contribution in [1.29, 1.82) is 0 Å². The van der Waals surface area contributed by atoms with Gasteiger partial charge in [0.2, 0.25) is 11.8 Å². The molecule has 40 heteroatoms.